The maximum Gasteiger partial charge on any atom is 0.340 e. The van der Waals surface area contributed by atoms with E-state index in [4.69, 9.17) is 10.5 Å². The minimum Gasteiger partial charge on any atom is -0.458 e. The summed E-state index contributed by atoms with van der Waals surface area (Å²) >= 11 is 0. The normalized spacial score (nSPS) is 14.6. The highest BCUT2D eigenvalue weighted by Gasteiger charge is 2.20. The summed E-state index contributed by atoms with van der Waals surface area (Å²) in [5, 5.41) is 0. The van der Waals surface area contributed by atoms with Crippen LogP contribution in [0.3, 0.4) is 0 Å². The fraction of sp³-hybridized carbons (Fsp3) is 0.357. The number of ether oxygens (including phenoxy) is 1. The molecule has 2 N–H and O–H groups in total. The van der Waals surface area contributed by atoms with Gasteiger partial charge in [0, 0.05) is 18.8 Å². The summed E-state index contributed by atoms with van der Waals surface area (Å²) in [5.41, 5.74) is 7.77. The van der Waals surface area contributed by atoms with Gasteiger partial charge in [-0.1, -0.05) is 12.7 Å². The van der Waals surface area contributed by atoms with E-state index in [0.29, 0.717) is 11.3 Å². The van der Waals surface area contributed by atoms with Crippen LogP contribution < -0.4 is 10.6 Å². The van der Waals surface area contributed by atoms with Crippen LogP contribution in [-0.4, -0.2) is 25.7 Å². The molecular formula is C14H18N2O2. The van der Waals surface area contributed by atoms with E-state index in [1.165, 1.54) is 0 Å². The van der Waals surface area contributed by atoms with E-state index in [0.717, 1.165) is 31.6 Å². The summed E-state index contributed by atoms with van der Waals surface area (Å²) in [6.45, 7) is 5.70. The van der Waals surface area contributed by atoms with Crippen LogP contribution in [0.5, 0.6) is 0 Å². The van der Waals surface area contributed by atoms with Crippen LogP contribution in [-0.2, 0) is 4.74 Å². The molecule has 96 valence electrons. The van der Waals surface area contributed by atoms with Gasteiger partial charge in [0.1, 0.15) is 6.61 Å². The molecule has 1 heterocycles. The highest BCUT2D eigenvalue weighted by atomic mass is 16.5. The van der Waals surface area contributed by atoms with E-state index < -0.39 is 0 Å². The lowest BCUT2D eigenvalue weighted by Crippen LogP contribution is -2.21. The van der Waals surface area contributed by atoms with Crippen molar-refractivity contribution >= 4 is 17.3 Å². The molecule has 0 saturated carbocycles. The van der Waals surface area contributed by atoms with E-state index >= 15 is 0 Å². The smallest absolute Gasteiger partial charge is 0.340 e. The quantitative estimate of drug-likeness (QED) is 0.503. The number of hydrogen-bond acceptors (Lipinski definition) is 4. The monoisotopic (exact) mass is 246 g/mol. The number of hydrogen-bond donors (Lipinski definition) is 1. The van der Waals surface area contributed by atoms with Crippen LogP contribution in [0.1, 0.15) is 23.2 Å². The lowest BCUT2D eigenvalue weighted by molar-refractivity contribution is 0.0550. The van der Waals surface area contributed by atoms with Gasteiger partial charge in [-0.05, 0) is 31.0 Å². The van der Waals surface area contributed by atoms with Crippen molar-refractivity contribution in [1.82, 2.24) is 0 Å². The molecule has 0 aliphatic carbocycles. The van der Waals surface area contributed by atoms with Gasteiger partial charge in [-0.15, -0.1) is 0 Å². The summed E-state index contributed by atoms with van der Waals surface area (Å²) in [6, 6.07) is 5.39. The van der Waals surface area contributed by atoms with Crippen LogP contribution in [0.4, 0.5) is 11.4 Å². The van der Waals surface area contributed by atoms with Crippen molar-refractivity contribution in [2.45, 2.75) is 12.8 Å². The summed E-state index contributed by atoms with van der Waals surface area (Å²) in [6.07, 6.45) is 3.87. The molecule has 4 nitrogen and oxygen atoms in total. The third kappa shape index (κ3) is 2.64. The van der Waals surface area contributed by atoms with Crippen molar-refractivity contribution in [3.8, 4) is 0 Å². The van der Waals surface area contributed by atoms with Gasteiger partial charge in [0.05, 0.1) is 11.3 Å². The molecule has 0 radical (unpaired) electrons. The first-order chi connectivity index (χ1) is 8.72. The third-order valence-corrected chi connectivity index (χ3v) is 3.02. The molecule has 1 aromatic rings. The number of nitrogens with two attached hydrogens (primary N) is 1. The molecule has 4 heteroatoms. The number of rotatable bonds is 4. The number of anilines is 2. The molecule has 18 heavy (non-hydrogen) atoms. The zero-order valence-corrected chi connectivity index (χ0v) is 10.4. The predicted octanol–water partition coefficient (Wildman–Crippen LogP) is 2.21. The molecule has 0 atom stereocenters. The van der Waals surface area contributed by atoms with Gasteiger partial charge >= 0.3 is 5.97 Å². The van der Waals surface area contributed by atoms with Crippen molar-refractivity contribution in [3.63, 3.8) is 0 Å². The summed E-state index contributed by atoms with van der Waals surface area (Å²) in [5.74, 6) is -0.343. The van der Waals surface area contributed by atoms with Gasteiger partial charge in [-0.2, -0.15) is 0 Å². The molecule has 1 aromatic carbocycles. The number of esters is 1. The first-order valence-corrected chi connectivity index (χ1v) is 6.15. The first kappa shape index (κ1) is 12.5. The Morgan fingerprint density at radius 2 is 2.17 bits per heavy atom. The maximum atomic E-state index is 12.0. The summed E-state index contributed by atoms with van der Waals surface area (Å²) in [7, 11) is 0. The molecule has 1 aliphatic rings. The van der Waals surface area contributed by atoms with Crippen molar-refractivity contribution in [2.75, 3.05) is 30.3 Å². The standard InChI is InChI=1S/C14H18N2O2/c1-2-9-18-14(17)12-10-11(15)5-6-13(12)16-7-3-4-8-16/h2,5-6,10H,1,3-4,7-9,15H2. The second kappa shape index (κ2) is 5.58. The highest BCUT2D eigenvalue weighted by Crippen LogP contribution is 2.27. The number of carbonyl (C=O) groups excluding carboxylic acids is 1. The molecule has 0 unspecified atom stereocenters. The highest BCUT2D eigenvalue weighted by molar-refractivity contribution is 5.97. The van der Waals surface area contributed by atoms with Gasteiger partial charge in [0.2, 0.25) is 0 Å². The first-order valence-electron chi connectivity index (χ1n) is 6.15. The lowest BCUT2D eigenvalue weighted by atomic mass is 10.1. The molecule has 0 spiro atoms. The Bertz CT molecular complexity index is 451. The molecular weight excluding hydrogens is 228 g/mol. The third-order valence-electron chi connectivity index (χ3n) is 3.02. The zero-order valence-electron chi connectivity index (χ0n) is 10.4. The fourth-order valence-corrected chi connectivity index (χ4v) is 2.16. The Labute approximate surface area is 107 Å². The Kier molecular flexibility index (Phi) is 3.87. The molecule has 2 rings (SSSR count). The molecule has 1 saturated heterocycles. The molecule has 0 bridgehead atoms. The topological polar surface area (TPSA) is 55.6 Å². The van der Waals surface area contributed by atoms with Gasteiger partial charge < -0.3 is 15.4 Å². The number of carbonyl (C=O) groups is 1. The van der Waals surface area contributed by atoms with Gasteiger partial charge in [0.25, 0.3) is 0 Å². The van der Waals surface area contributed by atoms with Crippen molar-refractivity contribution in [2.24, 2.45) is 0 Å². The largest absolute Gasteiger partial charge is 0.458 e. The Hall–Kier alpha value is -1.97. The number of nitrogens with zero attached hydrogens (tertiary/aromatic N) is 1. The Balaban J connectivity index is 2.27. The lowest BCUT2D eigenvalue weighted by Gasteiger charge is -2.20. The Morgan fingerprint density at radius 3 is 2.83 bits per heavy atom. The van der Waals surface area contributed by atoms with Crippen molar-refractivity contribution < 1.29 is 9.53 Å². The van der Waals surface area contributed by atoms with Crippen LogP contribution >= 0.6 is 0 Å². The van der Waals surface area contributed by atoms with E-state index in [1.807, 2.05) is 12.1 Å². The van der Waals surface area contributed by atoms with Crippen LogP contribution in [0.15, 0.2) is 30.9 Å². The second-order valence-electron chi connectivity index (χ2n) is 4.36. The minimum absolute atomic E-state index is 0.215. The predicted molar refractivity (Wildman–Crippen MR) is 72.8 cm³/mol. The number of nitrogen functional groups attached to an aromatic ring is 1. The number of benzene rings is 1. The minimum atomic E-state index is -0.343. The maximum absolute atomic E-state index is 12.0. The second-order valence-corrected chi connectivity index (χ2v) is 4.36. The van der Waals surface area contributed by atoms with Gasteiger partial charge in [0.15, 0.2) is 0 Å². The van der Waals surface area contributed by atoms with Gasteiger partial charge in [-0.3, -0.25) is 0 Å². The molecule has 0 amide bonds. The van der Waals surface area contributed by atoms with E-state index in [1.54, 1.807) is 12.1 Å². The SMILES string of the molecule is C=CCOC(=O)c1cc(N)ccc1N1CCCC1. The fourth-order valence-electron chi connectivity index (χ4n) is 2.16. The van der Waals surface area contributed by atoms with Crippen LogP contribution in [0.2, 0.25) is 0 Å². The van der Waals surface area contributed by atoms with Crippen LogP contribution in [0.25, 0.3) is 0 Å². The van der Waals surface area contributed by atoms with Crippen molar-refractivity contribution in [1.29, 1.82) is 0 Å². The van der Waals surface area contributed by atoms with Crippen molar-refractivity contribution in [3.05, 3.63) is 36.4 Å². The van der Waals surface area contributed by atoms with E-state index in [-0.39, 0.29) is 12.6 Å². The molecule has 1 fully saturated rings. The molecule has 0 aromatic heterocycles. The molecule has 1 aliphatic heterocycles. The average molecular weight is 246 g/mol. The average Bonchev–Trinajstić information content (AvgIpc) is 2.89. The van der Waals surface area contributed by atoms with E-state index in [2.05, 4.69) is 11.5 Å². The zero-order chi connectivity index (χ0) is 13.0. The van der Waals surface area contributed by atoms with Crippen LogP contribution in [0, 0.1) is 0 Å². The van der Waals surface area contributed by atoms with E-state index in [9.17, 15) is 4.79 Å². The summed E-state index contributed by atoms with van der Waals surface area (Å²) < 4.78 is 5.09. The summed E-state index contributed by atoms with van der Waals surface area (Å²) in [4.78, 5) is 14.2. The Morgan fingerprint density at radius 1 is 1.44 bits per heavy atom. The van der Waals surface area contributed by atoms with Gasteiger partial charge in [-0.25, -0.2) is 4.79 Å².